The molecular formula is C15H15Cl2NO. The molecule has 0 saturated heterocycles. The monoisotopic (exact) mass is 295 g/mol. The van der Waals surface area contributed by atoms with Crippen LogP contribution in [0.4, 0.5) is 5.69 Å². The molecule has 0 aliphatic carbocycles. The van der Waals surface area contributed by atoms with Gasteiger partial charge in [0.05, 0.1) is 6.61 Å². The summed E-state index contributed by atoms with van der Waals surface area (Å²) in [6.45, 7) is 3.29. The van der Waals surface area contributed by atoms with Crippen molar-refractivity contribution < 1.29 is 4.74 Å². The van der Waals surface area contributed by atoms with Crippen LogP contribution in [0.2, 0.25) is 10.0 Å². The molecule has 100 valence electrons. The molecule has 2 rings (SSSR count). The molecule has 0 unspecified atom stereocenters. The van der Waals surface area contributed by atoms with Gasteiger partial charge in [-0.15, -0.1) is 0 Å². The van der Waals surface area contributed by atoms with Gasteiger partial charge in [-0.1, -0.05) is 41.4 Å². The Hall–Kier alpha value is -1.38. The van der Waals surface area contributed by atoms with E-state index in [1.807, 2.05) is 43.3 Å². The summed E-state index contributed by atoms with van der Waals surface area (Å²) in [6.07, 6.45) is 0. The highest BCUT2D eigenvalue weighted by Crippen LogP contribution is 2.24. The maximum Gasteiger partial charge on any atom is 0.124 e. The van der Waals surface area contributed by atoms with Crippen molar-refractivity contribution in [1.82, 2.24) is 0 Å². The van der Waals surface area contributed by atoms with Gasteiger partial charge in [0.25, 0.3) is 0 Å². The topological polar surface area (TPSA) is 21.3 Å². The molecule has 0 saturated carbocycles. The average Bonchev–Trinajstić information content (AvgIpc) is 2.37. The summed E-state index contributed by atoms with van der Waals surface area (Å²) in [4.78, 5) is 0. The predicted octanol–water partition coefficient (Wildman–Crippen LogP) is 5.00. The molecule has 19 heavy (non-hydrogen) atoms. The predicted molar refractivity (Wildman–Crippen MR) is 81.4 cm³/mol. The zero-order valence-electron chi connectivity index (χ0n) is 10.6. The van der Waals surface area contributed by atoms with E-state index in [1.54, 1.807) is 6.07 Å². The SMILES string of the molecule is CCOc1ccccc1CNc1cc(Cl)cc(Cl)c1. The molecule has 2 aromatic rings. The average molecular weight is 296 g/mol. The van der Waals surface area contributed by atoms with Crippen molar-refractivity contribution in [3.05, 3.63) is 58.1 Å². The first kappa shape index (κ1) is 14.0. The first-order chi connectivity index (χ1) is 9.19. The van der Waals surface area contributed by atoms with Gasteiger partial charge in [0.2, 0.25) is 0 Å². The quantitative estimate of drug-likeness (QED) is 0.838. The summed E-state index contributed by atoms with van der Waals surface area (Å²) in [5.41, 5.74) is 1.99. The summed E-state index contributed by atoms with van der Waals surface area (Å²) >= 11 is 11.9. The molecule has 2 nitrogen and oxygen atoms in total. The summed E-state index contributed by atoms with van der Waals surface area (Å²) in [6, 6.07) is 13.3. The number of para-hydroxylation sites is 1. The lowest BCUT2D eigenvalue weighted by Crippen LogP contribution is -2.03. The highest BCUT2D eigenvalue weighted by Gasteiger charge is 2.03. The van der Waals surface area contributed by atoms with Crippen LogP contribution in [-0.4, -0.2) is 6.61 Å². The second kappa shape index (κ2) is 6.69. The van der Waals surface area contributed by atoms with Crippen LogP contribution in [0.15, 0.2) is 42.5 Å². The Labute approximate surface area is 123 Å². The van der Waals surface area contributed by atoms with E-state index in [-0.39, 0.29) is 0 Å². The van der Waals surface area contributed by atoms with Gasteiger partial charge in [0.15, 0.2) is 0 Å². The van der Waals surface area contributed by atoms with Crippen molar-refractivity contribution in [1.29, 1.82) is 0 Å². The Morgan fingerprint density at radius 2 is 1.74 bits per heavy atom. The minimum atomic E-state index is 0.619. The summed E-state index contributed by atoms with van der Waals surface area (Å²) in [5, 5.41) is 4.53. The third-order valence-electron chi connectivity index (χ3n) is 2.62. The molecule has 0 amide bonds. The fourth-order valence-corrected chi connectivity index (χ4v) is 2.33. The number of nitrogens with one attached hydrogen (secondary N) is 1. The molecule has 0 atom stereocenters. The van der Waals surface area contributed by atoms with Gasteiger partial charge in [0, 0.05) is 27.8 Å². The van der Waals surface area contributed by atoms with Crippen molar-refractivity contribution in [3.63, 3.8) is 0 Å². The Morgan fingerprint density at radius 1 is 1.05 bits per heavy atom. The smallest absolute Gasteiger partial charge is 0.124 e. The van der Waals surface area contributed by atoms with E-state index >= 15 is 0 Å². The summed E-state index contributed by atoms with van der Waals surface area (Å²) in [7, 11) is 0. The molecule has 0 aliphatic rings. The Morgan fingerprint density at radius 3 is 2.42 bits per heavy atom. The lowest BCUT2D eigenvalue weighted by atomic mass is 10.2. The second-order valence-corrected chi connectivity index (χ2v) is 4.93. The molecule has 0 heterocycles. The van der Waals surface area contributed by atoms with Crippen molar-refractivity contribution in [2.75, 3.05) is 11.9 Å². The van der Waals surface area contributed by atoms with Crippen LogP contribution in [0, 0.1) is 0 Å². The minimum Gasteiger partial charge on any atom is -0.494 e. The van der Waals surface area contributed by atoms with E-state index in [9.17, 15) is 0 Å². The maximum absolute atomic E-state index is 5.96. The van der Waals surface area contributed by atoms with Gasteiger partial charge >= 0.3 is 0 Å². The summed E-state index contributed by atoms with van der Waals surface area (Å²) in [5.74, 6) is 0.894. The maximum atomic E-state index is 5.96. The molecule has 0 bridgehead atoms. The van der Waals surface area contributed by atoms with Crippen LogP contribution in [0.1, 0.15) is 12.5 Å². The van der Waals surface area contributed by atoms with Gasteiger partial charge in [0.1, 0.15) is 5.75 Å². The fourth-order valence-electron chi connectivity index (χ4n) is 1.80. The van der Waals surface area contributed by atoms with Gasteiger partial charge in [-0.05, 0) is 31.2 Å². The molecule has 2 aromatic carbocycles. The fraction of sp³-hybridized carbons (Fsp3) is 0.200. The first-order valence-corrected chi connectivity index (χ1v) is 6.85. The lowest BCUT2D eigenvalue weighted by Gasteiger charge is -2.12. The van der Waals surface area contributed by atoms with Crippen LogP contribution in [-0.2, 0) is 6.54 Å². The number of ether oxygens (including phenoxy) is 1. The normalized spacial score (nSPS) is 10.3. The Kier molecular flexibility index (Phi) is 4.94. The largest absolute Gasteiger partial charge is 0.494 e. The van der Waals surface area contributed by atoms with E-state index in [1.165, 1.54) is 0 Å². The summed E-state index contributed by atoms with van der Waals surface area (Å²) < 4.78 is 5.58. The molecule has 0 aromatic heterocycles. The van der Waals surface area contributed by atoms with Crippen molar-refractivity contribution in [2.24, 2.45) is 0 Å². The molecule has 4 heteroatoms. The number of hydrogen-bond acceptors (Lipinski definition) is 2. The van der Waals surface area contributed by atoms with Crippen molar-refractivity contribution in [3.8, 4) is 5.75 Å². The highest BCUT2D eigenvalue weighted by molar-refractivity contribution is 6.35. The molecule has 0 aliphatic heterocycles. The third kappa shape index (κ3) is 4.05. The minimum absolute atomic E-state index is 0.619. The zero-order valence-corrected chi connectivity index (χ0v) is 12.1. The van der Waals surface area contributed by atoms with E-state index < -0.39 is 0 Å². The lowest BCUT2D eigenvalue weighted by molar-refractivity contribution is 0.337. The number of benzene rings is 2. The van der Waals surface area contributed by atoms with Gasteiger partial charge < -0.3 is 10.1 Å². The van der Waals surface area contributed by atoms with Gasteiger partial charge in [-0.25, -0.2) is 0 Å². The molecule has 0 fully saturated rings. The molecule has 0 spiro atoms. The highest BCUT2D eigenvalue weighted by atomic mass is 35.5. The molecular weight excluding hydrogens is 281 g/mol. The van der Waals surface area contributed by atoms with Crippen LogP contribution in [0.25, 0.3) is 0 Å². The van der Waals surface area contributed by atoms with Gasteiger partial charge in [-0.3, -0.25) is 0 Å². The second-order valence-electron chi connectivity index (χ2n) is 4.05. The molecule has 0 radical (unpaired) electrons. The number of rotatable bonds is 5. The third-order valence-corrected chi connectivity index (χ3v) is 3.05. The molecule has 1 N–H and O–H groups in total. The van der Waals surface area contributed by atoms with Crippen molar-refractivity contribution in [2.45, 2.75) is 13.5 Å². The van der Waals surface area contributed by atoms with Crippen LogP contribution in [0.5, 0.6) is 5.75 Å². The number of hydrogen-bond donors (Lipinski definition) is 1. The van der Waals surface area contributed by atoms with E-state index in [0.717, 1.165) is 17.0 Å². The standard InChI is InChI=1S/C15H15Cl2NO/c1-2-19-15-6-4-3-5-11(15)10-18-14-8-12(16)7-13(17)9-14/h3-9,18H,2,10H2,1H3. The van der Waals surface area contributed by atoms with Crippen LogP contribution < -0.4 is 10.1 Å². The van der Waals surface area contributed by atoms with Crippen molar-refractivity contribution >= 4 is 28.9 Å². The van der Waals surface area contributed by atoms with E-state index in [2.05, 4.69) is 5.32 Å². The van der Waals surface area contributed by atoms with E-state index in [0.29, 0.717) is 23.2 Å². The number of anilines is 1. The van der Waals surface area contributed by atoms with Crippen LogP contribution in [0.3, 0.4) is 0 Å². The Balaban J connectivity index is 2.09. The van der Waals surface area contributed by atoms with Crippen LogP contribution >= 0.6 is 23.2 Å². The van der Waals surface area contributed by atoms with E-state index in [4.69, 9.17) is 27.9 Å². The Bertz CT molecular complexity index is 537. The zero-order chi connectivity index (χ0) is 13.7. The van der Waals surface area contributed by atoms with Gasteiger partial charge in [-0.2, -0.15) is 0 Å². The first-order valence-electron chi connectivity index (χ1n) is 6.09. The number of halogens is 2.